The van der Waals surface area contributed by atoms with Gasteiger partial charge < -0.3 is 5.32 Å². The SMILES string of the molecule is CCCNc1cc(C(C)(C)C)nc2c(-c3ccc(F)cc3)c(C)nn12. The van der Waals surface area contributed by atoms with E-state index in [4.69, 9.17) is 4.98 Å². The van der Waals surface area contributed by atoms with Crippen LogP contribution in [0.5, 0.6) is 0 Å². The monoisotopic (exact) mass is 340 g/mol. The summed E-state index contributed by atoms with van der Waals surface area (Å²) in [7, 11) is 0. The molecule has 3 aromatic rings. The molecule has 0 unspecified atom stereocenters. The van der Waals surface area contributed by atoms with E-state index in [0.29, 0.717) is 0 Å². The maximum Gasteiger partial charge on any atom is 0.165 e. The van der Waals surface area contributed by atoms with Crippen LogP contribution in [-0.2, 0) is 5.41 Å². The van der Waals surface area contributed by atoms with Crippen molar-refractivity contribution >= 4 is 11.5 Å². The molecule has 2 heterocycles. The lowest BCUT2D eigenvalue weighted by Gasteiger charge is -2.20. The number of nitrogens with one attached hydrogen (secondary N) is 1. The van der Waals surface area contributed by atoms with E-state index in [0.717, 1.165) is 46.9 Å². The summed E-state index contributed by atoms with van der Waals surface area (Å²) in [5.41, 5.74) is 4.48. The Morgan fingerprint density at radius 2 is 1.84 bits per heavy atom. The lowest BCUT2D eigenvalue weighted by Crippen LogP contribution is -2.16. The number of anilines is 1. The summed E-state index contributed by atoms with van der Waals surface area (Å²) in [6, 6.07) is 8.58. The minimum Gasteiger partial charge on any atom is -0.370 e. The third-order valence-electron chi connectivity index (χ3n) is 4.22. The summed E-state index contributed by atoms with van der Waals surface area (Å²) in [6.07, 6.45) is 1.03. The van der Waals surface area contributed by atoms with Crippen molar-refractivity contribution in [3.05, 3.63) is 47.5 Å². The fourth-order valence-corrected chi connectivity index (χ4v) is 2.84. The third kappa shape index (κ3) is 3.36. The third-order valence-corrected chi connectivity index (χ3v) is 4.22. The molecule has 2 aromatic heterocycles. The summed E-state index contributed by atoms with van der Waals surface area (Å²) in [4.78, 5) is 4.90. The van der Waals surface area contributed by atoms with Crippen molar-refractivity contribution in [2.75, 3.05) is 11.9 Å². The second-order valence-corrected chi connectivity index (χ2v) is 7.41. The number of halogens is 1. The van der Waals surface area contributed by atoms with Crippen molar-refractivity contribution in [3.8, 4) is 11.1 Å². The van der Waals surface area contributed by atoms with Crippen molar-refractivity contribution in [1.29, 1.82) is 0 Å². The van der Waals surface area contributed by atoms with Gasteiger partial charge in [-0.1, -0.05) is 39.8 Å². The molecule has 0 fully saturated rings. The van der Waals surface area contributed by atoms with E-state index in [9.17, 15) is 4.39 Å². The number of rotatable bonds is 4. The summed E-state index contributed by atoms with van der Waals surface area (Å²) in [5.74, 6) is 0.694. The predicted molar refractivity (Wildman–Crippen MR) is 101 cm³/mol. The molecular weight excluding hydrogens is 315 g/mol. The minimum atomic E-state index is -0.244. The Morgan fingerprint density at radius 1 is 1.16 bits per heavy atom. The Bertz CT molecular complexity index is 889. The summed E-state index contributed by atoms with van der Waals surface area (Å²) in [5, 5.41) is 8.14. The van der Waals surface area contributed by atoms with Crippen molar-refractivity contribution in [3.63, 3.8) is 0 Å². The highest BCUT2D eigenvalue weighted by Gasteiger charge is 2.22. The molecule has 1 N–H and O–H groups in total. The number of aromatic nitrogens is 3. The van der Waals surface area contributed by atoms with Crippen LogP contribution in [0.4, 0.5) is 10.2 Å². The first-order valence-corrected chi connectivity index (χ1v) is 8.72. The average Bonchev–Trinajstić information content (AvgIpc) is 2.88. The standard InChI is InChI=1S/C20H25FN4/c1-6-11-22-17-12-16(20(3,4)5)23-19-18(13(2)24-25(17)19)14-7-9-15(21)10-8-14/h7-10,12,22H,6,11H2,1-5H3. The molecule has 1 aromatic carbocycles. The first kappa shape index (κ1) is 17.4. The van der Waals surface area contributed by atoms with Crippen molar-refractivity contribution in [2.45, 2.75) is 46.5 Å². The first-order valence-electron chi connectivity index (χ1n) is 8.72. The molecule has 0 atom stereocenters. The molecule has 132 valence electrons. The zero-order chi connectivity index (χ0) is 18.2. The number of nitrogens with zero attached hydrogens (tertiary/aromatic N) is 3. The minimum absolute atomic E-state index is 0.0807. The highest BCUT2D eigenvalue weighted by Crippen LogP contribution is 2.32. The lowest BCUT2D eigenvalue weighted by atomic mass is 9.92. The quantitative estimate of drug-likeness (QED) is 0.729. The Hall–Kier alpha value is -2.43. The van der Waals surface area contributed by atoms with Crippen LogP contribution in [-0.4, -0.2) is 21.1 Å². The molecule has 0 aliphatic heterocycles. The van der Waals surface area contributed by atoms with Crippen LogP contribution in [0, 0.1) is 12.7 Å². The fourth-order valence-electron chi connectivity index (χ4n) is 2.84. The molecule has 3 rings (SSSR count). The van der Waals surface area contributed by atoms with E-state index in [1.807, 2.05) is 11.4 Å². The van der Waals surface area contributed by atoms with Gasteiger partial charge in [-0.05, 0) is 31.0 Å². The molecule has 0 aliphatic rings. The molecule has 4 nitrogen and oxygen atoms in total. The highest BCUT2D eigenvalue weighted by molar-refractivity contribution is 5.81. The fraction of sp³-hybridized carbons (Fsp3) is 0.400. The highest BCUT2D eigenvalue weighted by atomic mass is 19.1. The second-order valence-electron chi connectivity index (χ2n) is 7.41. The number of benzene rings is 1. The number of aryl methyl sites for hydroxylation is 1. The van der Waals surface area contributed by atoms with E-state index in [1.54, 1.807) is 12.1 Å². The summed E-state index contributed by atoms with van der Waals surface area (Å²) < 4.78 is 15.2. The molecular formula is C20H25FN4. The van der Waals surface area contributed by atoms with Gasteiger partial charge >= 0.3 is 0 Å². The lowest BCUT2D eigenvalue weighted by molar-refractivity contribution is 0.568. The zero-order valence-electron chi connectivity index (χ0n) is 15.5. The largest absolute Gasteiger partial charge is 0.370 e. The molecule has 0 saturated heterocycles. The zero-order valence-corrected chi connectivity index (χ0v) is 15.5. The van der Waals surface area contributed by atoms with Gasteiger partial charge in [-0.2, -0.15) is 9.61 Å². The smallest absolute Gasteiger partial charge is 0.165 e. The maximum atomic E-state index is 13.3. The second kappa shape index (κ2) is 6.47. The van der Waals surface area contributed by atoms with Crippen LogP contribution in [0.3, 0.4) is 0 Å². The first-order chi connectivity index (χ1) is 11.8. The van der Waals surface area contributed by atoms with Crippen LogP contribution in [0.15, 0.2) is 30.3 Å². The van der Waals surface area contributed by atoms with Gasteiger partial charge in [0.1, 0.15) is 11.6 Å². The summed E-state index contributed by atoms with van der Waals surface area (Å²) in [6.45, 7) is 11.4. The van der Waals surface area contributed by atoms with Gasteiger partial charge in [0, 0.05) is 23.6 Å². The molecule has 0 amide bonds. The van der Waals surface area contributed by atoms with Gasteiger partial charge in [-0.25, -0.2) is 9.37 Å². The normalized spacial score (nSPS) is 11.9. The molecule has 25 heavy (non-hydrogen) atoms. The van der Waals surface area contributed by atoms with Crippen molar-refractivity contribution < 1.29 is 4.39 Å². The molecule has 5 heteroatoms. The molecule has 0 bridgehead atoms. The number of hydrogen-bond donors (Lipinski definition) is 1. The van der Waals surface area contributed by atoms with Crippen LogP contribution < -0.4 is 5.32 Å². The van der Waals surface area contributed by atoms with Crippen molar-refractivity contribution in [1.82, 2.24) is 14.6 Å². The van der Waals surface area contributed by atoms with Crippen LogP contribution >= 0.6 is 0 Å². The molecule has 0 saturated carbocycles. The van der Waals surface area contributed by atoms with Gasteiger partial charge in [0.2, 0.25) is 0 Å². The van der Waals surface area contributed by atoms with E-state index in [2.05, 4.69) is 44.2 Å². The van der Waals surface area contributed by atoms with Gasteiger partial charge in [-0.3, -0.25) is 0 Å². The molecule has 0 radical (unpaired) electrons. The van der Waals surface area contributed by atoms with Crippen molar-refractivity contribution in [2.24, 2.45) is 0 Å². The van der Waals surface area contributed by atoms with Crippen LogP contribution in [0.25, 0.3) is 16.8 Å². The van der Waals surface area contributed by atoms with Crippen LogP contribution in [0.1, 0.15) is 45.5 Å². The van der Waals surface area contributed by atoms with E-state index in [-0.39, 0.29) is 11.2 Å². The average molecular weight is 340 g/mol. The van der Waals surface area contributed by atoms with Crippen LogP contribution in [0.2, 0.25) is 0 Å². The molecule has 0 spiro atoms. The Labute approximate surface area is 148 Å². The van der Waals surface area contributed by atoms with Gasteiger partial charge in [-0.15, -0.1) is 0 Å². The van der Waals surface area contributed by atoms with E-state index >= 15 is 0 Å². The number of fused-ring (bicyclic) bond motifs is 1. The summed E-state index contributed by atoms with van der Waals surface area (Å²) >= 11 is 0. The number of hydrogen-bond acceptors (Lipinski definition) is 3. The van der Waals surface area contributed by atoms with Gasteiger partial charge in [0.15, 0.2) is 5.65 Å². The van der Waals surface area contributed by atoms with Gasteiger partial charge in [0.25, 0.3) is 0 Å². The van der Waals surface area contributed by atoms with E-state index in [1.165, 1.54) is 12.1 Å². The Morgan fingerprint density at radius 3 is 2.44 bits per heavy atom. The topological polar surface area (TPSA) is 42.2 Å². The van der Waals surface area contributed by atoms with Gasteiger partial charge in [0.05, 0.1) is 11.4 Å². The maximum absolute atomic E-state index is 13.3. The Balaban J connectivity index is 2.27. The predicted octanol–water partition coefficient (Wildman–Crippen LogP) is 4.96. The van der Waals surface area contributed by atoms with E-state index < -0.39 is 0 Å². The molecule has 0 aliphatic carbocycles. The Kier molecular flexibility index (Phi) is 4.50.